The van der Waals surface area contributed by atoms with Crippen LogP contribution in [0.3, 0.4) is 0 Å². The molecule has 0 unspecified atom stereocenters. The number of unbranched alkanes of at least 4 members (excludes halogenated alkanes) is 5. The molecule has 2 N–H and O–H groups in total. The van der Waals surface area contributed by atoms with Crippen molar-refractivity contribution in [1.82, 2.24) is 29.7 Å². The van der Waals surface area contributed by atoms with Gasteiger partial charge in [-0.15, -0.1) is 0 Å². The molecule has 0 bridgehead atoms. The van der Waals surface area contributed by atoms with E-state index in [1.54, 1.807) is 12.4 Å². The van der Waals surface area contributed by atoms with Crippen LogP contribution < -0.4 is 10.6 Å². The Morgan fingerprint density at radius 3 is 1.69 bits per heavy atom. The average molecular weight is 445 g/mol. The van der Waals surface area contributed by atoms with Gasteiger partial charge in [-0.05, 0) is 12.8 Å². The number of nitrogens with one attached hydrogen (secondary N) is 2. The molecule has 0 spiro atoms. The van der Waals surface area contributed by atoms with Crippen molar-refractivity contribution in [1.29, 1.82) is 0 Å². The van der Waals surface area contributed by atoms with Gasteiger partial charge in [-0.1, -0.05) is 25.7 Å². The summed E-state index contributed by atoms with van der Waals surface area (Å²) in [5, 5.41) is 5.65. The van der Waals surface area contributed by atoms with Gasteiger partial charge in [-0.2, -0.15) is 0 Å². The van der Waals surface area contributed by atoms with E-state index < -0.39 is 0 Å². The second-order valence-electron chi connectivity index (χ2n) is 8.30. The van der Waals surface area contributed by atoms with E-state index in [0.717, 1.165) is 76.1 Å². The highest BCUT2D eigenvalue weighted by Crippen LogP contribution is 2.28. The highest BCUT2D eigenvalue weighted by atomic mass is 16.6. The number of aromatic nitrogens is 4. The van der Waals surface area contributed by atoms with Gasteiger partial charge < -0.3 is 29.2 Å². The van der Waals surface area contributed by atoms with Crippen LogP contribution in [0.1, 0.15) is 75.2 Å². The number of carbonyl (C=O) groups excluding carboxylic acids is 2. The monoisotopic (exact) mass is 444 g/mol. The normalized spacial score (nSPS) is 18.8. The van der Waals surface area contributed by atoms with Crippen molar-refractivity contribution in [3.05, 3.63) is 36.4 Å². The Hall–Kier alpha value is -3.04. The smallest absolute Gasteiger partial charge is 0.407 e. The van der Waals surface area contributed by atoms with Gasteiger partial charge in [0.25, 0.3) is 0 Å². The molecule has 174 valence electrons. The topological polar surface area (TPSA) is 112 Å². The molecule has 0 aliphatic carbocycles. The molecule has 2 aliphatic heterocycles. The summed E-state index contributed by atoms with van der Waals surface area (Å²) in [7, 11) is 0. The molecule has 0 radical (unpaired) electrons. The van der Waals surface area contributed by atoms with Gasteiger partial charge in [-0.3, -0.25) is 0 Å². The maximum Gasteiger partial charge on any atom is 0.407 e. The summed E-state index contributed by atoms with van der Waals surface area (Å²) >= 11 is 0. The third-order valence-electron chi connectivity index (χ3n) is 5.98. The zero-order valence-corrected chi connectivity index (χ0v) is 18.4. The molecule has 4 heterocycles. The molecule has 0 saturated heterocycles. The summed E-state index contributed by atoms with van der Waals surface area (Å²) < 4.78 is 15.0. The second kappa shape index (κ2) is 11.0. The Bertz CT molecular complexity index is 822. The van der Waals surface area contributed by atoms with Crippen molar-refractivity contribution >= 4 is 12.2 Å². The first-order valence-corrected chi connectivity index (χ1v) is 11.6. The summed E-state index contributed by atoms with van der Waals surface area (Å²) in [5.41, 5.74) is 0. The molecule has 10 nitrogen and oxygen atoms in total. The number of rotatable bonds is 11. The summed E-state index contributed by atoms with van der Waals surface area (Å²) in [4.78, 5) is 32.3. The SMILES string of the molecule is O=C(NCCCCCCCCNC(=O)O[C@@H]1CCn2ccnc21)O[C@@H]1CCn2ccnc21. The van der Waals surface area contributed by atoms with Crippen LogP contribution in [0, 0.1) is 0 Å². The maximum absolute atomic E-state index is 11.9. The predicted molar refractivity (Wildman–Crippen MR) is 116 cm³/mol. The lowest BCUT2D eigenvalue weighted by Gasteiger charge is -2.12. The Kier molecular flexibility index (Phi) is 7.63. The predicted octanol–water partition coefficient (Wildman–Crippen LogP) is 3.46. The zero-order chi connectivity index (χ0) is 22.2. The first-order chi connectivity index (χ1) is 15.7. The van der Waals surface area contributed by atoms with Gasteiger partial charge in [0.15, 0.2) is 12.2 Å². The van der Waals surface area contributed by atoms with E-state index in [-0.39, 0.29) is 24.4 Å². The van der Waals surface area contributed by atoms with Crippen molar-refractivity contribution in [2.75, 3.05) is 13.1 Å². The van der Waals surface area contributed by atoms with Crippen LogP contribution in [0.25, 0.3) is 0 Å². The highest BCUT2D eigenvalue weighted by molar-refractivity contribution is 5.67. The number of hydrogen-bond acceptors (Lipinski definition) is 6. The number of aryl methyl sites for hydroxylation is 2. The Morgan fingerprint density at radius 2 is 1.22 bits per heavy atom. The molecule has 2 aliphatic rings. The molecule has 10 heteroatoms. The molecule has 0 aromatic carbocycles. The van der Waals surface area contributed by atoms with E-state index >= 15 is 0 Å². The standard InChI is InChI=1S/C22H32N6O4/c29-21(31-17-7-13-27-15-11-23-19(17)27)25-9-5-3-1-2-4-6-10-26-22(30)32-18-8-14-28-16-12-24-20(18)28/h11-12,15-18H,1-10,13-14H2,(H,25,29)(H,26,30)/t17-,18-/m1/s1. The number of imidazole rings is 2. The maximum atomic E-state index is 11.9. The Labute approximate surface area is 187 Å². The summed E-state index contributed by atoms with van der Waals surface area (Å²) in [6, 6.07) is 0. The average Bonchev–Trinajstić information content (AvgIpc) is 3.54. The minimum atomic E-state index is -0.369. The molecule has 0 saturated carbocycles. The second-order valence-corrected chi connectivity index (χ2v) is 8.30. The van der Waals surface area contributed by atoms with Gasteiger partial charge in [0.1, 0.15) is 11.6 Å². The van der Waals surface area contributed by atoms with Gasteiger partial charge in [-0.25, -0.2) is 19.6 Å². The van der Waals surface area contributed by atoms with Crippen LogP contribution in [0.4, 0.5) is 9.59 Å². The van der Waals surface area contributed by atoms with Crippen LogP contribution in [0.5, 0.6) is 0 Å². The van der Waals surface area contributed by atoms with Crippen LogP contribution in [-0.2, 0) is 22.6 Å². The molecule has 0 fully saturated rings. The molecular formula is C22H32N6O4. The fraction of sp³-hybridized carbons (Fsp3) is 0.636. The summed E-state index contributed by atoms with van der Waals surface area (Å²) in [6.45, 7) is 2.92. The molecule has 2 aromatic heterocycles. The Morgan fingerprint density at radius 1 is 0.781 bits per heavy atom. The lowest BCUT2D eigenvalue weighted by atomic mass is 10.1. The van der Waals surface area contributed by atoms with Crippen molar-refractivity contribution < 1.29 is 19.1 Å². The quantitative estimate of drug-likeness (QED) is 0.513. The highest BCUT2D eigenvalue weighted by Gasteiger charge is 2.27. The van der Waals surface area contributed by atoms with Gasteiger partial charge in [0, 0.05) is 63.8 Å². The lowest BCUT2D eigenvalue weighted by molar-refractivity contribution is 0.0953. The number of ether oxygens (including phenoxy) is 2. The third-order valence-corrected chi connectivity index (χ3v) is 5.98. The number of carbonyl (C=O) groups is 2. The lowest BCUT2D eigenvalue weighted by Crippen LogP contribution is -2.26. The molecular weight excluding hydrogens is 412 g/mol. The largest absolute Gasteiger partial charge is 0.438 e. The van der Waals surface area contributed by atoms with E-state index in [9.17, 15) is 9.59 Å². The van der Waals surface area contributed by atoms with Crippen molar-refractivity contribution in [3.63, 3.8) is 0 Å². The zero-order valence-electron chi connectivity index (χ0n) is 18.4. The molecule has 32 heavy (non-hydrogen) atoms. The molecule has 2 amide bonds. The summed E-state index contributed by atoms with van der Waals surface area (Å²) in [5.74, 6) is 1.65. The third kappa shape index (κ3) is 5.80. The van der Waals surface area contributed by atoms with Crippen molar-refractivity contribution in [2.45, 2.75) is 76.7 Å². The minimum Gasteiger partial charge on any atom is -0.438 e. The van der Waals surface area contributed by atoms with Crippen molar-refractivity contribution in [2.24, 2.45) is 0 Å². The minimum absolute atomic E-state index is 0.239. The molecule has 2 atom stereocenters. The van der Waals surface area contributed by atoms with E-state index in [4.69, 9.17) is 9.47 Å². The van der Waals surface area contributed by atoms with Crippen LogP contribution >= 0.6 is 0 Å². The van der Waals surface area contributed by atoms with Crippen LogP contribution in [0.2, 0.25) is 0 Å². The van der Waals surface area contributed by atoms with Crippen LogP contribution in [0.15, 0.2) is 24.8 Å². The number of alkyl carbamates (subject to hydrolysis) is 2. The number of fused-ring (bicyclic) bond motifs is 2. The van der Waals surface area contributed by atoms with E-state index in [1.165, 1.54) is 0 Å². The first kappa shape index (κ1) is 22.2. The summed E-state index contributed by atoms with van der Waals surface area (Å²) in [6.07, 6.45) is 13.8. The fourth-order valence-corrected chi connectivity index (χ4v) is 4.27. The van der Waals surface area contributed by atoms with Gasteiger partial charge >= 0.3 is 12.2 Å². The Balaban J connectivity index is 0.951. The van der Waals surface area contributed by atoms with Gasteiger partial charge in [0.2, 0.25) is 0 Å². The van der Waals surface area contributed by atoms with E-state index in [0.29, 0.717) is 13.1 Å². The van der Waals surface area contributed by atoms with E-state index in [2.05, 4.69) is 20.6 Å². The molecule has 4 rings (SSSR count). The van der Waals surface area contributed by atoms with Crippen LogP contribution in [-0.4, -0.2) is 44.4 Å². The molecule has 2 aromatic rings. The van der Waals surface area contributed by atoms with Crippen molar-refractivity contribution in [3.8, 4) is 0 Å². The first-order valence-electron chi connectivity index (χ1n) is 11.6. The van der Waals surface area contributed by atoms with E-state index in [1.807, 2.05) is 21.5 Å². The number of nitrogens with zero attached hydrogens (tertiary/aromatic N) is 4. The number of amides is 2. The van der Waals surface area contributed by atoms with Gasteiger partial charge in [0.05, 0.1) is 0 Å². The fourth-order valence-electron chi connectivity index (χ4n) is 4.27. The number of hydrogen-bond donors (Lipinski definition) is 2.